The predicted molar refractivity (Wildman–Crippen MR) is 81.9 cm³/mol. The summed E-state index contributed by atoms with van der Waals surface area (Å²) >= 11 is 0. The Morgan fingerprint density at radius 2 is 1.86 bits per heavy atom. The summed E-state index contributed by atoms with van der Waals surface area (Å²) in [5, 5.41) is 0. The number of nitrogens with zero attached hydrogens (tertiary/aromatic N) is 1. The molecule has 2 rings (SSSR count). The molecule has 0 bridgehead atoms. The molecule has 0 amide bonds. The molecule has 114 valence electrons. The van der Waals surface area contributed by atoms with Crippen LogP contribution in [0.4, 0.5) is 0 Å². The molecule has 0 aliphatic carbocycles. The second-order valence-electron chi connectivity index (χ2n) is 4.60. The van der Waals surface area contributed by atoms with E-state index in [-0.39, 0.29) is 18.6 Å². The van der Waals surface area contributed by atoms with Crippen molar-refractivity contribution < 1.29 is 18.0 Å². The first-order chi connectivity index (χ1) is 10.00. The molecule has 0 aliphatic rings. The van der Waals surface area contributed by atoms with Crippen LogP contribution in [0.15, 0.2) is 28.7 Å². The van der Waals surface area contributed by atoms with Gasteiger partial charge in [-0.25, -0.2) is 4.98 Å². The Bertz CT molecular complexity index is 655. The van der Waals surface area contributed by atoms with Crippen molar-refractivity contribution in [2.45, 2.75) is 27.7 Å². The van der Waals surface area contributed by atoms with Crippen LogP contribution in [-0.4, -0.2) is 18.2 Å². The van der Waals surface area contributed by atoms with E-state index in [4.69, 9.17) is 13.5 Å². The van der Waals surface area contributed by atoms with Gasteiger partial charge in [-0.2, -0.15) is 0 Å². The molecule has 0 atom stereocenters. The molecule has 0 spiro atoms. The second-order valence-corrected chi connectivity index (χ2v) is 6.54. The highest BCUT2D eigenvalue weighted by Gasteiger charge is 2.33. The maximum Gasteiger partial charge on any atom is 0.383 e. The monoisotopic (exact) mass is 309 g/mol. The van der Waals surface area contributed by atoms with E-state index in [0.717, 1.165) is 11.1 Å². The van der Waals surface area contributed by atoms with Gasteiger partial charge in [0.05, 0.1) is 13.2 Å². The number of aryl methyl sites for hydroxylation is 2. The number of benzene rings is 1. The van der Waals surface area contributed by atoms with E-state index in [1.807, 2.05) is 31.2 Å². The number of rotatable bonds is 6. The highest BCUT2D eigenvalue weighted by atomic mass is 31.2. The Kier molecular flexibility index (Phi) is 4.99. The average molecular weight is 309 g/mol. The van der Waals surface area contributed by atoms with Gasteiger partial charge in [0.15, 0.2) is 5.44 Å². The van der Waals surface area contributed by atoms with E-state index in [9.17, 15) is 4.57 Å². The zero-order chi connectivity index (χ0) is 15.5. The van der Waals surface area contributed by atoms with E-state index < -0.39 is 7.60 Å². The van der Waals surface area contributed by atoms with Crippen molar-refractivity contribution in [3.05, 3.63) is 35.6 Å². The summed E-state index contributed by atoms with van der Waals surface area (Å²) in [6.07, 6.45) is 0. The zero-order valence-corrected chi connectivity index (χ0v) is 13.6. The zero-order valence-electron chi connectivity index (χ0n) is 12.8. The van der Waals surface area contributed by atoms with Crippen molar-refractivity contribution in [3.8, 4) is 11.5 Å². The van der Waals surface area contributed by atoms with Gasteiger partial charge >= 0.3 is 7.60 Å². The Labute approximate surface area is 124 Å². The lowest BCUT2D eigenvalue weighted by molar-refractivity contribution is 0.229. The van der Waals surface area contributed by atoms with Gasteiger partial charge in [0.25, 0.3) is 0 Å². The highest BCUT2D eigenvalue weighted by Crippen LogP contribution is 2.47. The smallest absolute Gasteiger partial charge is 0.383 e. The fourth-order valence-electron chi connectivity index (χ4n) is 2.04. The minimum absolute atomic E-state index is 0.253. The maximum atomic E-state index is 12.8. The molecule has 21 heavy (non-hydrogen) atoms. The van der Waals surface area contributed by atoms with Gasteiger partial charge in [0.2, 0.25) is 5.89 Å². The minimum Gasteiger partial charge on any atom is -0.440 e. The van der Waals surface area contributed by atoms with Crippen molar-refractivity contribution in [1.29, 1.82) is 0 Å². The fourth-order valence-corrected chi connectivity index (χ4v) is 3.69. The van der Waals surface area contributed by atoms with Crippen LogP contribution in [0.1, 0.15) is 25.2 Å². The quantitative estimate of drug-likeness (QED) is 0.758. The van der Waals surface area contributed by atoms with Crippen molar-refractivity contribution in [3.63, 3.8) is 0 Å². The first kappa shape index (κ1) is 16.0. The molecule has 0 saturated carbocycles. The van der Waals surface area contributed by atoms with Crippen LogP contribution in [0.2, 0.25) is 0 Å². The van der Waals surface area contributed by atoms with Crippen LogP contribution in [-0.2, 0) is 13.6 Å². The summed E-state index contributed by atoms with van der Waals surface area (Å²) in [5.41, 5.74) is 2.19. The second kappa shape index (κ2) is 6.56. The number of hydrogen-bond donors (Lipinski definition) is 0. The van der Waals surface area contributed by atoms with Crippen molar-refractivity contribution in [1.82, 2.24) is 4.98 Å². The maximum absolute atomic E-state index is 12.8. The SMILES string of the molecule is CCOP(=O)(OCC)c1nc(-c2cccc(C)c2)oc1C. The molecular weight excluding hydrogens is 289 g/mol. The molecular formula is C15H20NO4P. The largest absolute Gasteiger partial charge is 0.440 e. The topological polar surface area (TPSA) is 61.6 Å². The predicted octanol–water partition coefficient (Wildman–Crippen LogP) is 3.85. The van der Waals surface area contributed by atoms with Crippen LogP contribution < -0.4 is 5.44 Å². The summed E-state index contributed by atoms with van der Waals surface area (Å²) in [7, 11) is -3.43. The Balaban J connectivity index is 2.45. The molecule has 5 nitrogen and oxygen atoms in total. The first-order valence-electron chi connectivity index (χ1n) is 6.94. The van der Waals surface area contributed by atoms with Crippen molar-refractivity contribution in [2.75, 3.05) is 13.2 Å². The summed E-state index contributed by atoms with van der Waals surface area (Å²) in [5.74, 6) is 0.877. The summed E-state index contributed by atoms with van der Waals surface area (Å²) in [4.78, 5) is 4.35. The molecule has 0 fully saturated rings. The van der Waals surface area contributed by atoms with Gasteiger partial charge in [0, 0.05) is 5.56 Å². The van der Waals surface area contributed by atoms with E-state index in [0.29, 0.717) is 11.7 Å². The van der Waals surface area contributed by atoms with Crippen LogP contribution in [0.5, 0.6) is 0 Å². The Morgan fingerprint density at radius 1 is 1.19 bits per heavy atom. The van der Waals surface area contributed by atoms with E-state index in [1.165, 1.54) is 0 Å². The standard InChI is InChI=1S/C15H20NO4P/c1-5-18-21(17,19-6-2)15-12(4)20-14(16-15)13-9-7-8-11(3)10-13/h7-10H,5-6H2,1-4H3. The number of aromatic nitrogens is 1. The molecule has 0 radical (unpaired) electrons. The lowest BCUT2D eigenvalue weighted by Crippen LogP contribution is -2.14. The molecule has 0 saturated heterocycles. The molecule has 1 heterocycles. The Hall–Kier alpha value is -1.42. The number of hydrogen-bond acceptors (Lipinski definition) is 5. The van der Waals surface area contributed by atoms with Crippen LogP contribution in [0, 0.1) is 13.8 Å². The highest BCUT2D eigenvalue weighted by molar-refractivity contribution is 7.62. The molecule has 6 heteroatoms. The van der Waals surface area contributed by atoms with Gasteiger partial charge in [-0.1, -0.05) is 17.7 Å². The molecule has 2 aromatic rings. The van der Waals surface area contributed by atoms with E-state index >= 15 is 0 Å². The summed E-state index contributed by atoms with van der Waals surface area (Å²) in [6.45, 7) is 7.80. The molecule has 0 N–H and O–H groups in total. The average Bonchev–Trinajstić information content (AvgIpc) is 2.82. The normalized spacial score (nSPS) is 11.8. The van der Waals surface area contributed by atoms with Gasteiger partial charge in [-0.15, -0.1) is 0 Å². The Morgan fingerprint density at radius 3 is 2.43 bits per heavy atom. The van der Waals surface area contributed by atoms with Gasteiger partial charge in [-0.05, 0) is 39.8 Å². The lowest BCUT2D eigenvalue weighted by atomic mass is 10.1. The third-order valence-corrected chi connectivity index (χ3v) is 5.02. The molecule has 1 aromatic heterocycles. The van der Waals surface area contributed by atoms with Gasteiger partial charge in [-0.3, -0.25) is 4.57 Å². The molecule has 0 unspecified atom stereocenters. The van der Waals surface area contributed by atoms with Gasteiger partial charge in [0.1, 0.15) is 5.76 Å². The minimum atomic E-state index is -3.43. The van der Waals surface area contributed by atoms with E-state index in [1.54, 1.807) is 20.8 Å². The molecule has 0 aliphatic heterocycles. The van der Waals surface area contributed by atoms with Crippen LogP contribution >= 0.6 is 7.60 Å². The van der Waals surface area contributed by atoms with Crippen LogP contribution in [0.25, 0.3) is 11.5 Å². The van der Waals surface area contributed by atoms with Crippen molar-refractivity contribution >= 4 is 13.0 Å². The third kappa shape index (κ3) is 3.43. The number of oxazole rings is 1. The van der Waals surface area contributed by atoms with E-state index in [2.05, 4.69) is 4.98 Å². The van der Waals surface area contributed by atoms with Gasteiger partial charge < -0.3 is 13.5 Å². The summed E-state index contributed by atoms with van der Waals surface area (Å²) < 4.78 is 29.1. The van der Waals surface area contributed by atoms with Crippen molar-refractivity contribution in [2.24, 2.45) is 0 Å². The molecule has 1 aromatic carbocycles. The third-order valence-electron chi connectivity index (χ3n) is 2.89. The first-order valence-corrected chi connectivity index (χ1v) is 8.48. The lowest BCUT2D eigenvalue weighted by Gasteiger charge is -2.14. The van der Waals surface area contributed by atoms with Crippen LogP contribution in [0.3, 0.4) is 0 Å². The fraction of sp³-hybridized carbons (Fsp3) is 0.400. The summed E-state index contributed by atoms with van der Waals surface area (Å²) in [6, 6.07) is 7.77.